The number of carboxylic acids is 2. The van der Waals surface area contributed by atoms with Crippen molar-refractivity contribution in [2.45, 2.75) is 161 Å². The molecule has 1 atom stereocenters. The van der Waals surface area contributed by atoms with Crippen LogP contribution in [0.25, 0.3) is 0 Å². The van der Waals surface area contributed by atoms with Gasteiger partial charge < -0.3 is 55.7 Å². The molecule has 0 saturated heterocycles. The van der Waals surface area contributed by atoms with Crippen molar-refractivity contribution in [1.82, 2.24) is 26.6 Å². The van der Waals surface area contributed by atoms with Gasteiger partial charge in [0.2, 0.25) is 29.5 Å². The Balaban J connectivity index is 3.62. The highest BCUT2D eigenvalue weighted by molar-refractivity contribution is 5.84. The first-order chi connectivity index (χ1) is 30.0. The number of nitrogens with one attached hydrogen (secondary N) is 5. The topological polar surface area (TPSA) is 257 Å². The van der Waals surface area contributed by atoms with Crippen LogP contribution in [0.2, 0.25) is 0 Å². The Hall–Kier alpha value is -3.87. The molecule has 18 heteroatoms. The van der Waals surface area contributed by atoms with Crippen molar-refractivity contribution >= 4 is 41.5 Å². The molecule has 0 aliphatic rings. The van der Waals surface area contributed by atoms with E-state index in [4.69, 9.17) is 24.1 Å². The zero-order valence-electron chi connectivity index (χ0n) is 37.7. The number of ether oxygens (including phenoxy) is 4. The fraction of sp³-hybridized carbons (Fsp3) is 0.841. The number of carbonyl (C=O) groups excluding carboxylic acids is 5. The quantitative estimate of drug-likeness (QED) is 0.0425. The highest BCUT2D eigenvalue weighted by Gasteiger charge is 2.20. The van der Waals surface area contributed by atoms with Gasteiger partial charge in [0.15, 0.2) is 0 Å². The van der Waals surface area contributed by atoms with Crippen LogP contribution in [0.15, 0.2) is 0 Å². The summed E-state index contributed by atoms with van der Waals surface area (Å²) < 4.78 is 21.2. The van der Waals surface area contributed by atoms with E-state index in [0.717, 1.165) is 38.5 Å². The zero-order valence-corrected chi connectivity index (χ0v) is 37.7. The van der Waals surface area contributed by atoms with E-state index in [1.54, 1.807) is 6.92 Å². The Morgan fingerprint density at radius 2 is 0.774 bits per heavy atom. The largest absolute Gasteiger partial charge is 0.481 e. The summed E-state index contributed by atoms with van der Waals surface area (Å²) in [6, 6.07) is -1.13. The summed E-state index contributed by atoms with van der Waals surface area (Å²) in [7, 11) is 0. The van der Waals surface area contributed by atoms with Crippen molar-refractivity contribution < 1.29 is 62.7 Å². The lowest BCUT2D eigenvalue weighted by atomic mass is 10.0. The van der Waals surface area contributed by atoms with Crippen LogP contribution in [-0.4, -0.2) is 137 Å². The normalized spacial score (nSPS) is 11.4. The van der Waals surface area contributed by atoms with E-state index in [-0.39, 0.29) is 115 Å². The molecule has 0 spiro atoms. The number of hydrogen-bond acceptors (Lipinski definition) is 11. The monoisotopic (exact) mass is 888 g/mol. The van der Waals surface area contributed by atoms with Crippen LogP contribution < -0.4 is 26.6 Å². The van der Waals surface area contributed by atoms with Crippen molar-refractivity contribution in [3.05, 3.63) is 0 Å². The summed E-state index contributed by atoms with van der Waals surface area (Å²) in [5, 5.41) is 31.3. The van der Waals surface area contributed by atoms with Crippen molar-refractivity contribution in [1.29, 1.82) is 0 Å². The molecule has 5 amide bonds. The van der Waals surface area contributed by atoms with Gasteiger partial charge in [0.25, 0.3) is 0 Å². The minimum atomic E-state index is -1.18. The predicted octanol–water partition coefficient (Wildman–Crippen LogP) is 4.16. The van der Waals surface area contributed by atoms with Crippen molar-refractivity contribution in [2.24, 2.45) is 0 Å². The van der Waals surface area contributed by atoms with Gasteiger partial charge in [0, 0.05) is 51.9 Å². The molecule has 0 aliphatic heterocycles. The van der Waals surface area contributed by atoms with Gasteiger partial charge in [0.1, 0.15) is 19.3 Å². The second-order valence-corrected chi connectivity index (χ2v) is 15.3. The fourth-order valence-corrected chi connectivity index (χ4v) is 6.20. The number of unbranched alkanes of at least 4 members (excludes halogenated alkanes) is 17. The molecule has 360 valence electrons. The molecule has 0 aromatic carbocycles. The molecule has 0 aromatic rings. The average molecular weight is 888 g/mol. The Bertz CT molecular complexity index is 1190. The first kappa shape index (κ1) is 58.1. The molecule has 7 N–H and O–H groups in total. The summed E-state index contributed by atoms with van der Waals surface area (Å²) in [6.45, 7) is 3.92. The number of aliphatic carboxylic acids is 2. The lowest BCUT2D eigenvalue weighted by Gasteiger charge is -2.14. The van der Waals surface area contributed by atoms with Crippen LogP contribution in [0.3, 0.4) is 0 Å². The summed E-state index contributed by atoms with van der Waals surface area (Å²) in [6.07, 6.45) is 21.5. The smallest absolute Gasteiger partial charge is 0.326 e. The molecule has 62 heavy (non-hydrogen) atoms. The number of rotatable bonds is 46. The van der Waals surface area contributed by atoms with E-state index in [1.807, 2.05) is 0 Å². The third-order valence-electron chi connectivity index (χ3n) is 9.78. The first-order valence-corrected chi connectivity index (χ1v) is 23.2. The summed E-state index contributed by atoms with van der Waals surface area (Å²) in [5.74, 6) is -3.24. The van der Waals surface area contributed by atoms with E-state index in [0.29, 0.717) is 32.4 Å². The highest BCUT2D eigenvalue weighted by atomic mass is 16.5. The van der Waals surface area contributed by atoms with Gasteiger partial charge in [-0.15, -0.1) is 0 Å². The molecule has 0 saturated carbocycles. The molecule has 18 nitrogen and oxygen atoms in total. The van der Waals surface area contributed by atoms with Gasteiger partial charge in [-0.2, -0.15) is 0 Å². The van der Waals surface area contributed by atoms with Gasteiger partial charge in [-0.05, 0) is 19.3 Å². The van der Waals surface area contributed by atoms with Crippen LogP contribution in [0.1, 0.15) is 155 Å². The molecule has 0 fully saturated rings. The highest BCUT2D eigenvalue weighted by Crippen LogP contribution is 2.15. The number of hydrogen-bond donors (Lipinski definition) is 7. The van der Waals surface area contributed by atoms with Gasteiger partial charge in [-0.3, -0.25) is 28.8 Å². The van der Waals surface area contributed by atoms with E-state index in [1.165, 1.54) is 70.6 Å². The number of carboxylic acid groups (broad SMARTS) is 2. The van der Waals surface area contributed by atoms with Gasteiger partial charge >= 0.3 is 11.9 Å². The van der Waals surface area contributed by atoms with E-state index >= 15 is 0 Å². The lowest BCUT2D eigenvalue weighted by Crippen LogP contribution is -2.41. The SMILES string of the molecule is CCC(=O)NCCNC(=O)COCCOCCNC(=O)COCCOCCNC(=O)CCC(NC(=O)CCCCCCCCCCCCCCCCCCCCC(=O)O)C(=O)O. The van der Waals surface area contributed by atoms with E-state index in [2.05, 4.69) is 26.6 Å². The van der Waals surface area contributed by atoms with Gasteiger partial charge in [-0.25, -0.2) is 4.79 Å². The summed E-state index contributed by atoms with van der Waals surface area (Å²) >= 11 is 0. The lowest BCUT2D eigenvalue weighted by molar-refractivity contribution is -0.142. The van der Waals surface area contributed by atoms with Gasteiger partial charge in [-0.1, -0.05) is 110 Å². The molecule has 0 heterocycles. The maximum Gasteiger partial charge on any atom is 0.326 e. The Labute approximate surface area is 369 Å². The summed E-state index contributed by atoms with van der Waals surface area (Å²) in [4.78, 5) is 81.4. The molecule has 1 unspecified atom stereocenters. The standard InChI is InChI=1S/C44H81N5O13/c1-2-38(50)45-25-26-46-41(53)35-61-33-32-60-30-28-48-42(54)36-62-34-31-59-29-27-47-39(51)24-23-37(44(57)58)49-40(52)21-19-17-15-13-11-9-7-5-3-4-6-8-10-12-14-16-18-20-22-43(55)56/h37H,2-36H2,1H3,(H,45,50)(H,46,53)(H,47,51)(H,48,54)(H,49,52)(H,55,56)(H,57,58). The third-order valence-corrected chi connectivity index (χ3v) is 9.78. The van der Waals surface area contributed by atoms with Crippen LogP contribution in [0, 0.1) is 0 Å². The minimum absolute atomic E-state index is 0.0208. The molecule has 0 rings (SSSR count). The van der Waals surface area contributed by atoms with Crippen molar-refractivity contribution in [2.75, 3.05) is 79.0 Å². The van der Waals surface area contributed by atoms with Crippen molar-refractivity contribution in [3.8, 4) is 0 Å². The second kappa shape index (κ2) is 43.8. The molecule has 0 bridgehead atoms. The van der Waals surface area contributed by atoms with Crippen LogP contribution in [0.4, 0.5) is 0 Å². The van der Waals surface area contributed by atoms with E-state index in [9.17, 15) is 38.7 Å². The second-order valence-electron chi connectivity index (χ2n) is 15.3. The van der Waals surface area contributed by atoms with Crippen LogP contribution in [-0.2, 0) is 52.5 Å². The van der Waals surface area contributed by atoms with Gasteiger partial charge in [0.05, 0.1) is 39.6 Å². The molecule has 0 aliphatic carbocycles. The van der Waals surface area contributed by atoms with E-state index < -0.39 is 18.0 Å². The fourth-order valence-electron chi connectivity index (χ4n) is 6.20. The Morgan fingerprint density at radius 1 is 0.403 bits per heavy atom. The Morgan fingerprint density at radius 3 is 1.19 bits per heavy atom. The molecule has 0 radical (unpaired) electrons. The zero-order chi connectivity index (χ0) is 45.7. The molecular weight excluding hydrogens is 807 g/mol. The maximum atomic E-state index is 12.4. The number of amides is 5. The predicted molar refractivity (Wildman–Crippen MR) is 234 cm³/mol. The average Bonchev–Trinajstić information content (AvgIpc) is 3.24. The first-order valence-electron chi connectivity index (χ1n) is 23.2. The van der Waals surface area contributed by atoms with Crippen LogP contribution in [0.5, 0.6) is 0 Å². The summed E-state index contributed by atoms with van der Waals surface area (Å²) in [5.41, 5.74) is 0. The number of carbonyl (C=O) groups is 7. The molecular formula is C44H81N5O13. The Kier molecular flexibility index (Phi) is 41.0. The maximum absolute atomic E-state index is 12.4. The molecule has 0 aromatic heterocycles. The third kappa shape index (κ3) is 42.8. The van der Waals surface area contributed by atoms with Crippen LogP contribution >= 0.6 is 0 Å². The van der Waals surface area contributed by atoms with Crippen molar-refractivity contribution in [3.63, 3.8) is 0 Å². The minimum Gasteiger partial charge on any atom is -0.481 e.